The van der Waals surface area contributed by atoms with Crippen molar-refractivity contribution in [1.29, 1.82) is 0 Å². The Hall–Kier alpha value is -1.96. The van der Waals surface area contributed by atoms with E-state index < -0.39 is 0 Å². The minimum absolute atomic E-state index is 0.0399. The molecule has 0 amide bonds. The molecule has 1 aliphatic heterocycles. The Bertz CT molecular complexity index is 892. The molecule has 1 atom stereocenters. The molecular formula is C22H33N4O2S+. The van der Waals surface area contributed by atoms with Crippen LogP contribution >= 0.6 is 12.2 Å². The van der Waals surface area contributed by atoms with E-state index in [9.17, 15) is 4.79 Å². The number of hydrogen-bond acceptors (Lipinski definition) is 3. The molecule has 6 nitrogen and oxygen atoms in total. The summed E-state index contributed by atoms with van der Waals surface area (Å²) < 4.78 is 5.47. The monoisotopic (exact) mass is 417 g/mol. The van der Waals surface area contributed by atoms with Gasteiger partial charge in [0.25, 0.3) is 5.56 Å². The Labute approximate surface area is 178 Å². The first-order valence-electron chi connectivity index (χ1n) is 10.6. The summed E-state index contributed by atoms with van der Waals surface area (Å²) in [5.74, 6) is 0. The topological polar surface area (TPSA) is 61.8 Å². The van der Waals surface area contributed by atoms with Crippen LogP contribution in [-0.4, -0.2) is 60.4 Å². The van der Waals surface area contributed by atoms with Crippen LogP contribution in [0.2, 0.25) is 0 Å². The highest BCUT2D eigenvalue weighted by Gasteiger charge is 2.19. The van der Waals surface area contributed by atoms with Crippen LogP contribution < -0.4 is 15.8 Å². The first-order valence-corrected chi connectivity index (χ1v) is 11.0. The Morgan fingerprint density at radius 1 is 1.38 bits per heavy atom. The molecule has 2 aromatic rings. The number of aromatic amines is 1. The van der Waals surface area contributed by atoms with Crippen molar-refractivity contribution >= 4 is 28.2 Å². The summed E-state index contributed by atoms with van der Waals surface area (Å²) in [6.07, 6.45) is 0.999. The fourth-order valence-electron chi connectivity index (χ4n) is 3.61. The van der Waals surface area contributed by atoms with E-state index >= 15 is 0 Å². The van der Waals surface area contributed by atoms with Crippen LogP contribution in [0, 0.1) is 6.92 Å². The van der Waals surface area contributed by atoms with E-state index in [2.05, 4.69) is 29.0 Å². The van der Waals surface area contributed by atoms with Crippen LogP contribution in [0.4, 0.5) is 0 Å². The van der Waals surface area contributed by atoms with Gasteiger partial charge in [0.2, 0.25) is 0 Å². The van der Waals surface area contributed by atoms with Crippen molar-refractivity contribution in [1.82, 2.24) is 15.2 Å². The number of para-hydroxylation sites is 1. The smallest absolute Gasteiger partial charge is 0.253 e. The van der Waals surface area contributed by atoms with Gasteiger partial charge in [-0.2, -0.15) is 0 Å². The lowest BCUT2D eigenvalue weighted by molar-refractivity contribution is -0.907. The number of hydrogen-bond donors (Lipinski definition) is 3. The van der Waals surface area contributed by atoms with Crippen LogP contribution in [0.1, 0.15) is 31.4 Å². The van der Waals surface area contributed by atoms with E-state index in [-0.39, 0.29) is 5.56 Å². The maximum Gasteiger partial charge on any atom is 0.253 e. The van der Waals surface area contributed by atoms with Crippen molar-refractivity contribution in [3.05, 3.63) is 45.7 Å². The quantitative estimate of drug-likeness (QED) is 0.592. The second kappa shape index (κ2) is 10.2. The van der Waals surface area contributed by atoms with Crippen molar-refractivity contribution in [3.63, 3.8) is 0 Å². The molecule has 7 heteroatoms. The molecule has 1 saturated heterocycles. The summed E-state index contributed by atoms with van der Waals surface area (Å²) in [6, 6.07) is 8.38. The molecule has 0 radical (unpaired) electrons. The van der Waals surface area contributed by atoms with Crippen LogP contribution in [0.3, 0.4) is 0 Å². The molecule has 1 fully saturated rings. The van der Waals surface area contributed by atoms with Gasteiger partial charge in [0.1, 0.15) is 13.1 Å². The Kier molecular flexibility index (Phi) is 7.64. The van der Waals surface area contributed by atoms with E-state index in [4.69, 9.17) is 17.0 Å². The van der Waals surface area contributed by atoms with Crippen LogP contribution in [-0.2, 0) is 11.3 Å². The summed E-state index contributed by atoms with van der Waals surface area (Å²) >= 11 is 5.71. The number of rotatable bonds is 7. The van der Waals surface area contributed by atoms with E-state index in [1.54, 1.807) is 0 Å². The number of H-pyrrole nitrogens is 1. The molecule has 29 heavy (non-hydrogen) atoms. The predicted molar refractivity (Wildman–Crippen MR) is 122 cm³/mol. The highest BCUT2D eigenvalue weighted by Crippen LogP contribution is 2.15. The van der Waals surface area contributed by atoms with Crippen molar-refractivity contribution in [2.45, 2.75) is 39.8 Å². The lowest BCUT2D eigenvalue weighted by Gasteiger charge is -2.30. The normalized spacial score (nSPS) is 16.0. The number of benzene rings is 1. The summed E-state index contributed by atoms with van der Waals surface area (Å²) in [5.41, 5.74) is 2.69. The van der Waals surface area contributed by atoms with Gasteiger partial charge in [0, 0.05) is 11.6 Å². The van der Waals surface area contributed by atoms with E-state index in [0.29, 0.717) is 12.6 Å². The SMILES string of the molecule is CC[C@H](C)NC(=S)N(CC[NH+]1CCOCC1)Cc1cc2cccc(C)c2[nH]c1=O. The fraction of sp³-hybridized carbons (Fsp3) is 0.545. The van der Waals surface area contributed by atoms with Crippen molar-refractivity contribution < 1.29 is 9.64 Å². The number of aromatic nitrogens is 1. The van der Waals surface area contributed by atoms with Gasteiger partial charge in [-0.15, -0.1) is 0 Å². The van der Waals surface area contributed by atoms with Gasteiger partial charge in [-0.05, 0) is 49.5 Å². The van der Waals surface area contributed by atoms with Crippen LogP contribution in [0.15, 0.2) is 29.1 Å². The van der Waals surface area contributed by atoms with Gasteiger partial charge in [-0.1, -0.05) is 25.1 Å². The minimum Gasteiger partial charge on any atom is -0.370 e. The second-order valence-corrected chi connectivity index (χ2v) is 8.34. The fourth-order valence-corrected chi connectivity index (χ4v) is 3.97. The minimum atomic E-state index is -0.0399. The number of quaternary nitrogens is 1. The van der Waals surface area contributed by atoms with Crippen molar-refractivity contribution in [2.24, 2.45) is 0 Å². The third-order valence-electron chi connectivity index (χ3n) is 5.73. The van der Waals surface area contributed by atoms with E-state index in [1.165, 1.54) is 4.90 Å². The van der Waals surface area contributed by atoms with E-state index in [0.717, 1.165) is 73.0 Å². The van der Waals surface area contributed by atoms with Gasteiger partial charge in [0.15, 0.2) is 5.11 Å². The molecule has 1 aliphatic rings. The average molecular weight is 418 g/mol. The van der Waals surface area contributed by atoms with Gasteiger partial charge in [-0.3, -0.25) is 4.79 Å². The zero-order chi connectivity index (χ0) is 20.8. The number of nitrogens with one attached hydrogen (secondary N) is 3. The summed E-state index contributed by atoms with van der Waals surface area (Å²) in [5, 5.41) is 5.19. The third-order valence-corrected chi connectivity index (χ3v) is 6.11. The maximum absolute atomic E-state index is 12.8. The predicted octanol–water partition coefficient (Wildman–Crippen LogP) is 1.23. The molecule has 0 unspecified atom stereocenters. The number of thiocarbonyl (C=S) groups is 1. The highest BCUT2D eigenvalue weighted by atomic mass is 32.1. The van der Waals surface area contributed by atoms with Gasteiger partial charge >= 0.3 is 0 Å². The van der Waals surface area contributed by atoms with E-state index in [1.807, 2.05) is 31.2 Å². The molecule has 0 spiro atoms. The van der Waals surface area contributed by atoms with Crippen LogP contribution in [0.5, 0.6) is 0 Å². The molecule has 3 N–H and O–H groups in total. The Balaban J connectivity index is 1.79. The first-order chi connectivity index (χ1) is 14.0. The lowest BCUT2D eigenvalue weighted by atomic mass is 10.1. The number of pyridine rings is 1. The van der Waals surface area contributed by atoms with Gasteiger partial charge < -0.3 is 24.8 Å². The molecule has 0 bridgehead atoms. The molecule has 1 aromatic carbocycles. The summed E-state index contributed by atoms with van der Waals surface area (Å²) in [6.45, 7) is 12.3. The maximum atomic E-state index is 12.8. The standard InChI is InChI=1S/C22H32N4O2S/c1-4-17(3)23-22(29)26(9-8-25-10-12-28-13-11-25)15-19-14-18-7-5-6-16(2)20(18)24-21(19)27/h5-7,14,17H,4,8-13,15H2,1-3H3,(H,23,29)(H,24,27)/p+1/t17-/m0/s1. The number of ether oxygens (including phenoxy) is 1. The molecule has 1 aromatic heterocycles. The number of nitrogens with zero attached hydrogens (tertiary/aromatic N) is 1. The average Bonchev–Trinajstić information content (AvgIpc) is 2.72. The number of fused-ring (bicyclic) bond motifs is 1. The van der Waals surface area contributed by atoms with Crippen LogP contribution in [0.25, 0.3) is 10.9 Å². The van der Waals surface area contributed by atoms with Crippen molar-refractivity contribution in [2.75, 3.05) is 39.4 Å². The Morgan fingerprint density at radius 2 is 2.14 bits per heavy atom. The number of morpholine rings is 1. The molecule has 158 valence electrons. The molecule has 2 heterocycles. The highest BCUT2D eigenvalue weighted by molar-refractivity contribution is 7.80. The molecular weight excluding hydrogens is 384 g/mol. The lowest BCUT2D eigenvalue weighted by Crippen LogP contribution is -3.14. The molecule has 3 rings (SSSR count). The van der Waals surface area contributed by atoms with Gasteiger partial charge in [0.05, 0.1) is 38.4 Å². The molecule has 0 saturated carbocycles. The van der Waals surface area contributed by atoms with Gasteiger partial charge in [-0.25, -0.2) is 0 Å². The zero-order valence-corrected chi connectivity index (χ0v) is 18.5. The number of aryl methyl sites for hydroxylation is 1. The zero-order valence-electron chi connectivity index (χ0n) is 17.7. The largest absolute Gasteiger partial charge is 0.370 e. The third kappa shape index (κ3) is 5.78. The Morgan fingerprint density at radius 3 is 2.86 bits per heavy atom. The summed E-state index contributed by atoms with van der Waals surface area (Å²) in [7, 11) is 0. The van der Waals surface area contributed by atoms with Crippen molar-refractivity contribution in [3.8, 4) is 0 Å². The molecule has 0 aliphatic carbocycles. The first kappa shape index (κ1) is 21.7. The second-order valence-electron chi connectivity index (χ2n) is 7.96. The summed E-state index contributed by atoms with van der Waals surface area (Å²) in [4.78, 5) is 19.5.